The third-order valence-electron chi connectivity index (χ3n) is 3.11. The van der Waals surface area contributed by atoms with Crippen molar-refractivity contribution in [2.24, 2.45) is 0 Å². The molecule has 1 fully saturated rings. The van der Waals surface area contributed by atoms with Crippen molar-refractivity contribution in [1.29, 1.82) is 0 Å². The maximum absolute atomic E-state index is 12.0. The topological polar surface area (TPSA) is 132 Å². The third-order valence-corrected chi connectivity index (χ3v) is 4.61. The van der Waals surface area contributed by atoms with Crippen LogP contribution in [-0.2, 0) is 10.0 Å². The number of rotatable bonds is 3. The molecule has 0 amide bonds. The maximum atomic E-state index is 12.0. The molecule has 2 atom stereocenters. The zero-order valence-corrected chi connectivity index (χ0v) is 10.9. The summed E-state index contributed by atoms with van der Waals surface area (Å²) in [5.74, 6) is 0. The summed E-state index contributed by atoms with van der Waals surface area (Å²) >= 11 is 0. The van der Waals surface area contributed by atoms with E-state index in [0.717, 1.165) is 19.0 Å². The first-order valence-corrected chi connectivity index (χ1v) is 7.41. The summed E-state index contributed by atoms with van der Waals surface area (Å²) in [6, 6.07) is -0.606. The molecule has 8 nitrogen and oxygen atoms in total. The quantitative estimate of drug-likeness (QED) is 0.546. The van der Waals surface area contributed by atoms with Gasteiger partial charge < -0.3 is 10.1 Å². The largest absolute Gasteiger partial charge is 0.391 e. The van der Waals surface area contributed by atoms with Crippen molar-refractivity contribution in [2.45, 2.75) is 42.7 Å². The molecule has 1 aromatic rings. The lowest BCUT2D eigenvalue weighted by Gasteiger charge is -2.27. The minimum atomic E-state index is -4.06. The number of H-pyrrole nitrogens is 2. The lowest BCUT2D eigenvalue weighted by molar-refractivity contribution is 0.101. The molecule has 1 aromatic heterocycles. The molecule has 0 aromatic carbocycles. The highest BCUT2D eigenvalue weighted by Gasteiger charge is 2.29. The van der Waals surface area contributed by atoms with E-state index in [4.69, 9.17) is 0 Å². The van der Waals surface area contributed by atoms with Crippen molar-refractivity contribution in [2.75, 3.05) is 0 Å². The van der Waals surface area contributed by atoms with Crippen LogP contribution in [0.5, 0.6) is 0 Å². The Labute approximate surface area is 108 Å². The second-order valence-corrected chi connectivity index (χ2v) is 6.20. The van der Waals surface area contributed by atoms with E-state index in [1.54, 1.807) is 0 Å². The molecular formula is C10H15N3O5S. The summed E-state index contributed by atoms with van der Waals surface area (Å²) in [5.41, 5.74) is -1.76. The van der Waals surface area contributed by atoms with E-state index in [0.29, 0.717) is 12.8 Å². The van der Waals surface area contributed by atoms with Gasteiger partial charge in [-0.2, -0.15) is 0 Å². The lowest BCUT2D eigenvalue weighted by atomic mass is 9.93. The number of nitrogens with one attached hydrogen (secondary N) is 3. The molecule has 1 heterocycles. The lowest BCUT2D eigenvalue weighted by Crippen LogP contribution is -2.46. The molecule has 0 bridgehead atoms. The Kier molecular flexibility index (Phi) is 3.88. The first-order valence-electron chi connectivity index (χ1n) is 5.92. The van der Waals surface area contributed by atoms with Crippen molar-refractivity contribution in [3.8, 4) is 0 Å². The standard InChI is InChI=1S/C10H15N3O5S/c14-7-4-2-1-3-6(7)13-19(17,18)8-5-11-10(16)12-9(8)15/h5-7,13-14H,1-4H2,(H2,11,12,15,16)/t6-,7-/m0/s1. The summed E-state index contributed by atoms with van der Waals surface area (Å²) in [6.07, 6.45) is 2.78. The van der Waals surface area contributed by atoms with Crippen LogP contribution in [0, 0.1) is 0 Å². The fraction of sp³-hybridized carbons (Fsp3) is 0.600. The Hall–Kier alpha value is -1.45. The van der Waals surface area contributed by atoms with Gasteiger partial charge in [0.2, 0.25) is 10.0 Å². The maximum Gasteiger partial charge on any atom is 0.325 e. The Balaban J connectivity index is 2.27. The fourth-order valence-electron chi connectivity index (χ4n) is 2.11. The summed E-state index contributed by atoms with van der Waals surface area (Å²) < 4.78 is 26.3. The smallest absolute Gasteiger partial charge is 0.325 e. The van der Waals surface area contributed by atoms with Gasteiger partial charge in [0.25, 0.3) is 5.56 Å². The number of aliphatic hydroxyl groups excluding tert-OH is 1. The van der Waals surface area contributed by atoms with Crippen molar-refractivity contribution in [3.63, 3.8) is 0 Å². The summed E-state index contributed by atoms with van der Waals surface area (Å²) in [4.78, 5) is 25.7. The third kappa shape index (κ3) is 3.11. The van der Waals surface area contributed by atoms with Crippen LogP contribution in [0.1, 0.15) is 25.7 Å². The molecule has 1 saturated carbocycles. The van der Waals surface area contributed by atoms with Crippen LogP contribution in [0.25, 0.3) is 0 Å². The molecule has 0 unspecified atom stereocenters. The Morgan fingerprint density at radius 2 is 1.95 bits per heavy atom. The van der Waals surface area contributed by atoms with Crippen LogP contribution < -0.4 is 16.0 Å². The number of hydrogen-bond acceptors (Lipinski definition) is 5. The van der Waals surface area contributed by atoms with Gasteiger partial charge in [-0.25, -0.2) is 17.9 Å². The van der Waals surface area contributed by atoms with Crippen molar-refractivity contribution in [1.82, 2.24) is 14.7 Å². The minimum absolute atomic E-state index is 0.516. The SMILES string of the molecule is O=c1[nH]cc(S(=O)(=O)N[C@H]2CCCC[C@@H]2O)c(=O)[nH]1. The number of aromatic amines is 2. The summed E-state index contributed by atoms with van der Waals surface area (Å²) in [5, 5.41) is 9.72. The predicted octanol–water partition coefficient (Wildman–Crippen LogP) is -1.35. The van der Waals surface area contributed by atoms with E-state index in [1.165, 1.54) is 0 Å². The Morgan fingerprint density at radius 1 is 1.26 bits per heavy atom. The molecule has 0 aliphatic heterocycles. The van der Waals surface area contributed by atoms with Crippen LogP contribution in [0.3, 0.4) is 0 Å². The molecule has 9 heteroatoms. The first-order chi connectivity index (χ1) is 8.90. The van der Waals surface area contributed by atoms with E-state index >= 15 is 0 Å². The average Bonchev–Trinajstić information content (AvgIpc) is 2.31. The second kappa shape index (κ2) is 5.27. The Bertz CT molecular complexity index is 662. The van der Waals surface area contributed by atoms with Gasteiger partial charge in [-0.3, -0.25) is 9.78 Å². The summed E-state index contributed by atoms with van der Waals surface area (Å²) in [6.45, 7) is 0. The molecular weight excluding hydrogens is 274 g/mol. The van der Waals surface area contributed by atoms with Gasteiger partial charge in [-0.15, -0.1) is 0 Å². The van der Waals surface area contributed by atoms with Gasteiger partial charge in [0.1, 0.15) is 0 Å². The highest BCUT2D eigenvalue weighted by atomic mass is 32.2. The van der Waals surface area contributed by atoms with Gasteiger partial charge in [0, 0.05) is 12.2 Å². The average molecular weight is 289 g/mol. The van der Waals surface area contributed by atoms with Crippen molar-refractivity contribution >= 4 is 10.0 Å². The highest BCUT2D eigenvalue weighted by molar-refractivity contribution is 7.89. The molecule has 4 N–H and O–H groups in total. The normalized spacial score (nSPS) is 24.3. The highest BCUT2D eigenvalue weighted by Crippen LogP contribution is 2.19. The van der Waals surface area contributed by atoms with Crippen LogP contribution in [-0.4, -0.2) is 35.6 Å². The minimum Gasteiger partial charge on any atom is -0.391 e. The van der Waals surface area contributed by atoms with Gasteiger partial charge in [-0.1, -0.05) is 12.8 Å². The molecule has 106 valence electrons. The molecule has 1 aliphatic rings. The van der Waals surface area contributed by atoms with E-state index in [1.807, 2.05) is 4.98 Å². The first kappa shape index (κ1) is 14.0. The van der Waals surface area contributed by atoms with Gasteiger partial charge in [0.15, 0.2) is 4.90 Å². The van der Waals surface area contributed by atoms with E-state index in [-0.39, 0.29) is 0 Å². The van der Waals surface area contributed by atoms with Gasteiger partial charge in [-0.05, 0) is 12.8 Å². The van der Waals surface area contributed by atoms with E-state index < -0.39 is 38.3 Å². The zero-order valence-electron chi connectivity index (χ0n) is 10.0. The molecule has 2 rings (SSSR count). The number of hydrogen-bond donors (Lipinski definition) is 4. The molecule has 1 aliphatic carbocycles. The van der Waals surface area contributed by atoms with E-state index in [2.05, 4.69) is 9.71 Å². The predicted molar refractivity (Wildman–Crippen MR) is 66.3 cm³/mol. The molecule has 0 radical (unpaired) electrons. The second-order valence-electron chi connectivity index (χ2n) is 4.52. The Morgan fingerprint density at radius 3 is 2.58 bits per heavy atom. The van der Waals surface area contributed by atoms with Crippen LogP contribution in [0.4, 0.5) is 0 Å². The number of aliphatic hydroxyl groups is 1. The van der Waals surface area contributed by atoms with Crippen LogP contribution in [0.2, 0.25) is 0 Å². The fourth-order valence-corrected chi connectivity index (χ4v) is 3.42. The van der Waals surface area contributed by atoms with Crippen LogP contribution in [0.15, 0.2) is 20.7 Å². The van der Waals surface area contributed by atoms with Gasteiger partial charge in [0.05, 0.1) is 6.10 Å². The van der Waals surface area contributed by atoms with Crippen LogP contribution >= 0.6 is 0 Å². The summed E-state index contributed by atoms with van der Waals surface area (Å²) in [7, 11) is -4.06. The molecule has 19 heavy (non-hydrogen) atoms. The molecule has 0 spiro atoms. The molecule has 0 saturated heterocycles. The van der Waals surface area contributed by atoms with Crippen molar-refractivity contribution in [3.05, 3.63) is 27.0 Å². The van der Waals surface area contributed by atoms with Crippen molar-refractivity contribution < 1.29 is 13.5 Å². The van der Waals surface area contributed by atoms with E-state index in [9.17, 15) is 23.1 Å². The monoisotopic (exact) mass is 289 g/mol. The zero-order chi connectivity index (χ0) is 14.0. The number of sulfonamides is 1. The van der Waals surface area contributed by atoms with Gasteiger partial charge >= 0.3 is 5.69 Å². The number of aromatic nitrogens is 2.